The molecule has 0 rings (SSSR count). The van der Waals surface area contributed by atoms with E-state index in [9.17, 15) is 4.79 Å². The van der Waals surface area contributed by atoms with E-state index in [2.05, 4.69) is 20.9 Å². The Bertz CT molecular complexity index is 220. The van der Waals surface area contributed by atoms with Crippen LogP contribution in [0.25, 0.3) is 0 Å². The molecule has 0 fully saturated rings. The maximum Gasteiger partial charge on any atom is 0.305 e. The molecule has 0 aliphatic heterocycles. The molecule has 14 heavy (non-hydrogen) atoms. The smallest absolute Gasteiger partial charge is 0.305 e. The molecule has 0 radical (unpaired) electrons. The minimum Gasteiger partial charge on any atom is -0.481 e. The summed E-state index contributed by atoms with van der Waals surface area (Å²) in [4.78, 5) is 19.8. The van der Waals surface area contributed by atoms with E-state index in [1.54, 1.807) is 0 Å². The standard InChI is InChI=1S/C9H17N3O2/c1-12(2)7-3-5-10-8-11-6-4-9(13)14/h3-7H2,1-2H3,(H,13,14). The second kappa shape index (κ2) is 8.41. The van der Waals surface area contributed by atoms with Crippen LogP contribution in [0.1, 0.15) is 12.8 Å². The van der Waals surface area contributed by atoms with E-state index in [1.165, 1.54) is 0 Å². The molecule has 0 bridgehead atoms. The van der Waals surface area contributed by atoms with Gasteiger partial charge in [-0.25, -0.2) is 9.98 Å². The van der Waals surface area contributed by atoms with Crippen molar-refractivity contribution in [2.75, 3.05) is 33.7 Å². The van der Waals surface area contributed by atoms with Crippen LogP contribution < -0.4 is 0 Å². The molecule has 0 heterocycles. The molecule has 0 unspecified atom stereocenters. The van der Waals surface area contributed by atoms with E-state index in [1.807, 2.05) is 14.1 Å². The normalized spacial score (nSPS) is 9.64. The van der Waals surface area contributed by atoms with E-state index in [0.717, 1.165) is 13.0 Å². The largest absolute Gasteiger partial charge is 0.481 e. The van der Waals surface area contributed by atoms with Crippen LogP contribution in [0.4, 0.5) is 0 Å². The molecule has 5 heteroatoms. The fraction of sp³-hybridized carbons (Fsp3) is 0.778. The molecular weight excluding hydrogens is 182 g/mol. The third-order valence-corrected chi connectivity index (χ3v) is 1.45. The van der Waals surface area contributed by atoms with Gasteiger partial charge in [0.15, 0.2) is 0 Å². The molecule has 0 aliphatic rings. The summed E-state index contributed by atoms with van der Waals surface area (Å²) in [5.74, 6) is -0.844. The molecule has 80 valence electrons. The van der Waals surface area contributed by atoms with Crippen molar-refractivity contribution in [3.05, 3.63) is 0 Å². The first kappa shape index (κ1) is 12.8. The van der Waals surface area contributed by atoms with Gasteiger partial charge in [0.25, 0.3) is 0 Å². The predicted octanol–water partition coefficient (Wildman–Crippen LogP) is 0.587. The molecule has 0 amide bonds. The van der Waals surface area contributed by atoms with Crippen molar-refractivity contribution in [1.29, 1.82) is 0 Å². The van der Waals surface area contributed by atoms with Gasteiger partial charge in [0, 0.05) is 0 Å². The number of carbonyl (C=O) groups is 1. The van der Waals surface area contributed by atoms with Crippen LogP contribution in [-0.2, 0) is 4.79 Å². The van der Waals surface area contributed by atoms with Crippen LogP contribution in [0.15, 0.2) is 9.98 Å². The van der Waals surface area contributed by atoms with E-state index in [0.29, 0.717) is 6.54 Å². The van der Waals surface area contributed by atoms with Crippen molar-refractivity contribution in [2.24, 2.45) is 9.98 Å². The monoisotopic (exact) mass is 199 g/mol. The third-order valence-electron chi connectivity index (χ3n) is 1.45. The van der Waals surface area contributed by atoms with Crippen LogP contribution in [0, 0.1) is 0 Å². The van der Waals surface area contributed by atoms with Crippen LogP contribution in [0.3, 0.4) is 0 Å². The zero-order chi connectivity index (χ0) is 10.8. The maximum atomic E-state index is 10.1. The average molecular weight is 199 g/mol. The van der Waals surface area contributed by atoms with Crippen LogP contribution in [0.2, 0.25) is 0 Å². The SMILES string of the molecule is CN(C)CCCN=C=NCCC(=O)O. The number of rotatable bonds is 7. The molecular formula is C9H17N3O2. The van der Waals surface area contributed by atoms with Gasteiger partial charge in [-0.15, -0.1) is 0 Å². The Morgan fingerprint density at radius 1 is 1.36 bits per heavy atom. The van der Waals surface area contributed by atoms with Crippen molar-refractivity contribution in [3.8, 4) is 0 Å². The summed E-state index contributed by atoms with van der Waals surface area (Å²) in [7, 11) is 4.01. The van der Waals surface area contributed by atoms with Gasteiger partial charge in [0.2, 0.25) is 0 Å². The fourth-order valence-corrected chi connectivity index (χ4v) is 0.768. The number of hydrogen-bond donors (Lipinski definition) is 1. The van der Waals surface area contributed by atoms with Crippen LogP contribution >= 0.6 is 0 Å². The Labute approximate surface area is 84.2 Å². The highest BCUT2D eigenvalue weighted by Gasteiger charge is 1.91. The summed E-state index contributed by atoms with van der Waals surface area (Å²) < 4.78 is 0. The Morgan fingerprint density at radius 2 is 2.00 bits per heavy atom. The van der Waals surface area contributed by atoms with Crippen molar-refractivity contribution in [3.63, 3.8) is 0 Å². The lowest BCUT2D eigenvalue weighted by molar-refractivity contribution is -0.136. The van der Waals surface area contributed by atoms with Crippen molar-refractivity contribution in [2.45, 2.75) is 12.8 Å². The molecule has 0 saturated heterocycles. The number of aliphatic imine (C=N–C) groups is 2. The zero-order valence-electron chi connectivity index (χ0n) is 8.73. The fourth-order valence-electron chi connectivity index (χ4n) is 0.768. The lowest BCUT2D eigenvalue weighted by Crippen LogP contribution is -2.13. The van der Waals surface area contributed by atoms with Gasteiger partial charge >= 0.3 is 5.97 Å². The quantitative estimate of drug-likeness (QED) is 0.482. The van der Waals surface area contributed by atoms with Gasteiger partial charge in [-0.2, -0.15) is 0 Å². The molecule has 0 aromatic carbocycles. The minimum atomic E-state index is -0.844. The van der Waals surface area contributed by atoms with E-state index in [4.69, 9.17) is 5.11 Å². The van der Waals surface area contributed by atoms with E-state index in [-0.39, 0.29) is 13.0 Å². The van der Waals surface area contributed by atoms with Crippen LogP contribution in [-0.4, -0.2) is 55.7 Å². The summed E-state index contributed by atoms with van der Waals surface area (Å²) in [6, 6.07) is 2.48. The molecule has 0 aliphatic carbocycles. The predicted molar refractivity (Wildman–Crippen MR) is 55.0 cm³/mol. The number of carboxylic acids is 1. The van der Waals surface area contributed by atoms with Gasteiger partial charge in [0.1, 0.15) is 0 Å². The lowest BCUT2D eigenvalue weighted by Gasteiger charge is -2.05. The molecule has 0 atom stereocenters. The number of aliphatic carboxylic acids is 1. The maximum absolute atomic E-state index is 10.1. The minimum absolute atomic E-state index is 0.0419. The molecule has 5 nitrogen and oxygen atoms in total. The number of carboxylic acid groups (broad SMARTS) is 1. The van der Waals surface area contributed by atoms with E-state index >= 15 is 0 Å². The number of nitrogens with zero attached hydrogens (tertiary/aromatic N) is 3. The second-order valence-corrected chi connectivity index (χ2v) is 3.16. The molecule has 0 aromatic heterocycles. The van der Waals surface area contributed by atoms with Gasteiger partial charge in [-0.05, 0) is 27.1 Å². The Hall–Kier alpha value is -1.19. The molecule has 0 aromatic rings. The highest BCUT2D eigenvalue weighted by Crippen LogP contribution is 1.83. The Kier molecular flexibility index (Phi) is 7.70. The van der Waals surface area contributed by atoms with Crippen molar-refractivity contribution >= 4 is 12.0 Å². The molecule has 0 saturated carbocycles. The third kappa shape index (κ3) is 10.8. The van der Waals surface area contributed by atoms with Crippen molar-refractivity contribution < 1.29 is 9.90 Å². The Balaban J connectivity index is 3.37. The first-order valence-electron chi connectivity index (χ1n) is 4.57. The van der Waals surface area contributed by atoms with Gasteiger partial charge < -0.3 is 10.0 Å². The Morgan fingerprint density at radius 3 is 2.57 bits per heavy atom. The van der Waals surface area contributed by atoms with Crippen molar-refractivity contribution in [1.82, 2.24) is 4.90 Å². The molecule has 1 N–H and O–H groups in total. The summed E-state index contributed by atoms with van der Waals surface area (Å²) >= 11 is 0. The van der Waals surface area contributed by atoms with E-state index < -0.39 is 5.97 Å². The lowest BCUT2D eigenvalue weighted by atomic mass is 10.4. The van der Waals surface area contributed by atoms with Crippen LogP contribution in [0.5, 0.6) is 0 Å². The van der Waals surface area contributed by atoms with Gasteiger partial charge in [-0.1, -0.05) is 0 Å². The van der Waals surface area contributed by atoms with Gasteiger partial charge in [0.05, 0.1) is 25.5 Å². The van der Waals surface area contributed by atoms with Gasteiger partial charge in [-0.3, -0.25) is 4.79 Å². The summed E-state index contributed by atoms with van der Waals surface area (Å²) in [6.45, 7) is 1.93. The first-order valence-corrected chi connectivity index (χ1v) is 4.57. The topological polar surface area (TPSA) is 65.3 Å². The second-order valence-electron chi connectivity index (χ2n) is 3.16. The highest BCUT2D eigenvalue weighted by molar-refractivity contribution is 5.67. The summed E-state index contributed by atoms with van der Waals surface area (Å²) in [5.41, 5.74) is 0. The molecule has 0 spiro atoms. The number of hydrogen-bond acceptors (Lipinski definition) is 4. The summed E-state index contributed by atoms with van der Waals surface area (Å²) in [5, 5.41) is 8.29. The summed E-state index contributed by atoms with van der Waals surface area (Å²) in [6.07, 6.45) is 1.01. The highest BCUT2D eigenvalue weighted by atomic mass is 16.4. The zero-order valence-corrected chi connectivity index (χ0v) is 8.73. The average Bonchev–Trinajstić information content (AvgIpc) is 2.08. The first-order chi connectivity index (χ1) is 6.63.